The van der Waals surface area contributed by atoms with Gasteiger partial charge in [0.15, 0.2) is 5.78 Å². The van der Waals surface area contributed by atoms with E-state index in [1.807, 2.05) is 24.3 Å². The molecule has 0 spiro atoms. The van der Waals surface area contributed by atoms with Crippen LogP contribution in [0.4, 0.5) is 0 Å². The number of benzene rings is 2. The van der Waals surface area contributed by atoms with Crippen LogP contribution in [-0.4, -0.2) is 53.4 Å². The molecule has 3 rings (SSSR count). The summed E-state index contributed by atoms with van der Waals surface area (Å²) in [6, 6.07) is 11.1. The van der Waals surface area contributed by atoms with E-state index in [1.165, 1.54) is 4.90 Å². The van der Waals surface area contributed by atoms with Crippen LogP contribution in [0.25, 0.3) is 6.08 Å². The molecule has 154 valence electrons. The SMILES string of the molecule is COc1cc(/C=C/C(=O)c2ccc(OC)c(C[NH+]3CCOCC3)c2)cc(OC)c1. The largest absolute Gasteiger partial charge is 0.497 e. The predicted molar refractivity (Wildman–Crippen MR) is 111 cm³/mol. The summed E-state index contributed by atoms with van der Waals surface area (Å²) >= 11 is 0. The summed E-state index contributed by atoms with van der Waals surface area (Å²) < 4.78 is 21.5. The molecule has 0 aromatic heterocycles. The Labute approximate surface area is 171 Å². The van der Waals surface area contributed by atoms with Gasteiger partial charge in [-0.15, -0.1) is 0 Å². The molecule has 29 heavy (non-hydrogen) atoms. The van der Waals surface area contributed by atoms with E-state index in [0.717, 1.165) is 49.7 Å². The second-order valence-electron chi connectivity index (χ2n) is 6.91. The van der Waals surface area contributed by atoms with E-state index in [-0.39, 0.29) is 5.78 Å². The number of nitrogens with one attached hydrogen (secondary N) is 1. The van der Waals surface area contributed by atoms with E-state index in [4.69, 9.17) is 18.9 Å². The van der Waals surface area contributed by atoms with Crippen molar-refractivity contribution in [3.05, 3.63) is 59.2 Å². The molecule has 0 aliphatic carbocycles. The lowest BCUT2D eigenvalue weighted by Gasteiger charge is -2.24. The number of hydrogen-bond donors (Lipinski definition) is 1. The molecule has 1 saturated heterocycles. The number of morpholine rings is 1. The minimum atomic E-state index is -0.0623. The summed E-state index contributed by atoms with van der Waals surface area (Å²) in [7, 11) is 4.86. The number of carbonyl (C=O) groups is 1. The molecule has 0 unspecified atom stereocenters. The maximum atomic E-state index is 12.8. The molecule has 6 heteroatoms. The Morgan fingerprint density at radius 2 is 1.69 bits per heavy atom. The van der Waals surface area contributed by atoms with Crippen LogP contribution >= 0.6 is 0 Å². The van der Waals surface area contributed by atoms with Gasteiger partial charge in [0.05, 0.1) is 34.5 Å². The lowest BCUT2D eigenvalue weighted by molar-refractivity contribution is -0.921. The van der Waals surface area contributed by atoms with E-state index in [1.54, 1.807) is 45.6 Å². The van der Waals surface area contributed by atoms with Gasteiger partial charge in [0.1, 0.15) is 36.9 Å². The standard InChI is InChI=1S/C23H27NO5/c1-26-20-12-17(13-21(15-20)27-2)4-6-22(25)18-5-7-23(28-3)19(14-18)16-24-8-10-29-11-9-24/h4-7,12-15H,8-11,16H2,1-3H3/p+1/b6-4+. The summed E-state index contributed by atoms with van der Waals surface area (Å²) in [5.74, 6) is 2.10. The summed E-state index contributed by atoms with van der Waals surface area (Å²) in [6.07, 6.45) is 3.34. The molecule has 2 aromatic carbocycles. The van der Waals surface area contributed by atoms with Crippen molar-refractivity contribution in [3.8, 4) is 17.2 Å². The molecule has 6 nitrogen and oxygen atoms in total. The number of allylic oxidation sites excluding steroid dienone is 1. The third-order valence-electron chi connectivity index (χ3n) is 5.01. The Balaban J connectivity index is 1.78. The molecule has 2 aromatic rings. The van der Waals surface area contributed by atoms with Crippen LogP contribution in [0.2, 0.25) is 0 Å². The third-order valence-corrected chi connectivity index (χ3v) is 5.01. The first kappa shape index (κ1) is 20.9. The average Bonchev–Trinajstić information content (AvgIpc) is 2.77. The Kier molecular flexibility index (Phi) is 7.27. The van der Waals surface area contributed by atoms with Crippen LogP contribution in [0, 0.1) is 0 Å². The highest BCUT2D eigenvalue weighted by Crippen LogP contribution is 2.24. The average molecular weight is 398 g/mol. The predicted octanol–water partition coefficient (Wildman–Crippen LogP) is 2.02. The second-order valence-corrected chi connectivity index (χ2v) is 6.91. The van der Waals surface area contributed by atoms with Crippen molar-refractivity contribution >= 4 is 11.9 Å². The summed E-state index contributed by atoms with van der Waals surface area (Å²) in [6.45, 7) is 4.26. The fourth-order valence-corrected chi connectivity index (χ4v) is 3.37. The van der Waals surface area contributed by atoms with Crippen LogP contribution in [-0.2, 0) is 11.3 Å². The maximum absolute atomic E-state index is 12.8. The summed E-state index contributed by atoms with van der Waals surface area (Å²) in [5, 5.41) is 0. The van der Waals surface area contributed by atoms with Gasteiger partial charge < -0.3 is 23.8 Å². The Morgan fingerprint density at radius 3 is 2.31 bits per heavy atom. The van der Waals surface area contributed by atoms with E-state index in [2.05, 4.69) is 0 Å². The van der Waals surface area contributed by atoms with Crippen LogP contribution in [0.3, 0.4) is 0 Å². The van der Waals surface area contributed by atoms with Gasteiger partial charge in [-0.1, -0.05) is 6.08 Å². The van der Waals surface area contributed by atoms with Gasteiger partial charge in [0.2, 0.25) is 0 Å². The van der Waals surface area contributed by atoms with Gasteiger partial charge in [-0.05, 0) is 42.0 Å². The molecule has 0 bridgehead atoms. The Hall–Kier alpha value is -2.83. The zero-order valence-corrected chi connectivity index (χ0v) is 17.2. The van der Waals surface area contributed by atoms with Crippen molar-refractivity contribution in [1.82, 2.24) is 0 Å². The number of ketones is 1. The molecule has 1 heterocycles. The molecule has 0 saturated carbocycles. The lowest BCUT2D eigenvalue weighted by atomic mass is 10.0. The molecular formula is C23H28NO5+. The zero-order valence-electron chi connectivity index (χ0n) is 17.2. The minimum Gasteiger partial charge on any atom is -0.497 e. The Morgan fingerprint density at radius 1 is 1.00 bits per heavy atom. The Bertz CT molecular complexity index is 849. The highest BCUT2D eigenvalue weighted by Gasteiger charge is 2.18. The van der Waals surface area contributed by atoms with E-state index in [9.17, 15) is 4.79 Å². The van der Waals surface area contributed by atoms with Gasteiger partial charge in [0.25, 0.3) is 0 Å². The van der Waals surface area contributed by atoms with Crippen LogP contribution in [0.5, 0.6) is 17.2 Å². The maximum Gasteiger partial charge on any atom is 0.185 e. The fraction of sp³-hybridized carbons (Fsp3) is 0.348. The number of quaternary nitrogens is 1. The normalized spacial score (nSPS) is 14.7. The molecule has 1 aliphatic heterocycles. The number of hydrogen-bond acceptors (Lipinski definition) is 5. The van der Waals surface area contributed by atoms with Crippen molar-refractivity contribution in [2.45, 2.75) is 6.54 Å². The van der Waals surface area contributed by atoms with Crippen LogP contribution < -0.4 is 19.1 Å². The molecule has 1 fully saturated rings. The molecule has 1 N–H and O–H groups in total. The van der Waals surface area contributed by atoms with E-state index >= 15 is 0 Å². The summed E-state index contributed by atoms with van der Waals surface area (Å²) in [5.41, 5.74) is 2.51. The number of methoxy groups -OCH3 is 3. The smallest absolute Gasteiger partial charge is 0.185 e. The first-order valence-electron chi connectivity index (χ1n) is 9.66. The highest BCUT2D eigenvalue weighted by atomic mass is 16.5. The first-order valence-corrected chi connectivity index (χ1v) is 9.66. The quantitative estimate of drug-likeness (QED) is 0.545. The molecule has 0 atom stereocenters. The van der Waals surface area contributed by atoms with Crippen LogP contribution in [0.15, 0.2) is 42.5 Å². The zero-order chi connectivity index (χ0) is 20.6. The fourth-order valence-electron chi connectivity index (χ4n) is 3.37. The van der Waals surface area contributed by atoms with Gasteiger partial charge in [-0.25, -0.2) is 0 Å². The van der Waals surface area contributed by atoms with Crippen molar-refractivity contribution in [1.29, 1.82) is 0 Å². The second kappa shape index (κ2) is 10.1. The van der Waals surface area contributed by atoms with Gasteiger partial charge in [-0.3, -0.25) is 4.79 Å². The molecule has 0 amide bonds. The molecule has 1 aliphatic rings. The number of rotatable bonds is 8. The van der Waals surface area contributed by atoms with Crippen molar-refractivity contribution < 1.29 is 28.6 Å². The van der Waals surface area contributed by atoms with E-state index in [0.29, 0.717) is 17.1 Å². The number of carbonyl (C=O) groups excluding carboxylic acids is 1. The topological polar surface area (TPSA) is 58.4 Å². The highest BCUT2D eigenvalue weighted by molar-refractivity contribution is 6.07. The van der Waals surface area contributed by atoms with Crippen molar-refractivity contribution in [2.24, 2.45) is 0 Å². The van der Waals surface area contributed by atoms with Crippen molar-refractivity contribution in [2.75, 3.05) is 47.6 Å². The number of ether oxygens (including phenoxy) is 4. The first-order chi connectivity index (χ1) is 14.1. The van der Waals surface area contributed by atoms with Gasteiger partial charge in [-0.2, -0.15) is 0 Å². The monoisotopic (exact) mass is 398 g/mol. The van der Waals surface area contributed by atoms with Crippen LogP contribution in [0.1, 0.15) is 21.5 Å². The van der Waals surface area contributed by atoms with Gasteiger partial charge in [0, 0.05) is 17.2 Å². The van der Waals surface area contributed by atoms with Gasteiger partial charge >= 0.3 is 0 Å². The van der Waals surface area contributed by atoms with Crippen molar-refractivity contribution in [3.63, 3.8) is 0 Å². The summed E-state index contributed by atoms with van der Waals surface area (Å²) in [4.78, 5) is 14.2. The lowest BCUT2D eigenvalue weighted by Crippen LogP contribution is -3.12. The molecule has 0 radical (unpaired) electrons. The van der Waals surface area contributed by atoms with E-state index < -0.39 is 0 Å². The molecular weight excluding hydrogens is 370 g/mol. The third kappa shape index (κ3) is 5.59. The minimum absolute atomic E-state index is 0.0623.